The van der Waals surface area contributed by atoms with Crippen molar-refractivity contribution in [2.75, 3.05) is 27.3 Å². The number of aldehydes is 1. The normalized spacial score (nSPS) is 16.6. The van der Waals surface area contributed by atoms with Crippen molar-refractivity contribution in [1.82, 2.24) is 15.1 Å². The molecule has 0 radical (unpaired) electrons. The van der Waals surface area contributed by atoms with Gasteiger partial charge in [-0.2, -0.15) is 0 Å². The first-order valence-electron chi connectivity index (χ1n) is 12.6. The van der Waals surface area contributed by atoms with E-state index in [2.05, 4.69) is 41.5 Å². The van der Waals surface area contributed by atoms with Crippen molar-refractivity contribution in [2.45, 2.75) is 57.5 Å². The molecular formula is C28H35N3O5. The van der Waals surface area contributed by atoms with Crippen LogP contribution >= 0.6 is 0 Å². The monoisotopic (exact) mass is 493 g/mol. The van der Waals surface area contributed by atoms with E-state index in [9.17, 15) is 14.4 Å². The fourth-order valence-electron chi connectivity index (χ4n) is 4.98. The van der Waals surface area contributed by atoms with E-state index >= 15 is 0 Å². The molecule has 36 heavy (non-hydrogen) atoms. The van der Waals surface area contributed by atoms with Crippen LogP contribution in [0, 0.1) is 0 Å². The van der Waals surface area contributed by atoms with Crippen LogP contribution in [0.1, 0.15) is 52.7 Å². The van der Waals surface area contributed by atoms with Gasteiger partial charge in [0.1, 0.15) is 24.7 Å². The summed E-state index contributed by atoms with van der Waals surface area (Å²) in [5.41, 5.74) is 3.61. The predicted octanol–water partition coefficient (Wildman–Crippen LogP) is 2.93. The summed E-state index contributed by atoms with van der Waals surface area (Å²) in [6.45, 7) is 3.22. The fraction of sp³-hybridized carbons (Fsp3) is 0.464. The minimum Gasteiger partial charge on any atom is -0.489 e. The summed E-state index contributed by atoms with van der Waals surface area (Å²) in [7, 11) is 3.70. The maximum absolute atomic E-state index is 13.1. The quantitative estimate of drug-likeness (QED) is 0.485. The molecule has 8 nitrogen and oxygen atoms in total. The van der Waals surface area contributed by atoms with Gasteiger partial charge < -0.3 is 24.5 Å². The maximum atomic E-state index is 13.1. The van der Waals surface area contributed by atoms with Gasteiger partial charge in [0.2, 0.25) is 5.91 Å². The molecule has 1 unspecified atom stereocenters. The lowest BCUT2D eigenvalue weighted by atomic mass is 10.1. The molecule has 8 heteroatoms. The third kappa shape index (κ3) is 5.94. The second kappa shape index (κ2) is 12.1. The van der Waals surface area contributed by atoms with Crippen LogP contribution in [-0.4, -0.2) is 67.3 Å². The first kappa shape index (κ1) is 25.9. The number of nitrogens with one attached hydrogen (secondary N) is 1. The average molecular weight is 494 g/mol. The largest absolute Gasteiger partial charge is 0.489 e. The Morgan fingerprint density at radius 3 is 2.61 bits per heavy atom. The second-order valence-electron chi connectivity index (χ2n) is 9.45. The number of nitrogens with zero attached hydrogens (tertiary/aromatic N) is 2. The zero-order chi connectivity index (χ0) is 25.5. The highest BCUT2D eigenvalue weighted by Gasteiger charge is 2.37. The fourth-order valence-corrected chi connectivity index (χ4v) is 4.98. The molecule has 2 heterocycles. The number of benzene rings is 2. The number of carbonyl (C=O) groups excluding carboxylic acids is 3. The Bertz CT molecular complexity index is 1070. The van der Waals surface area contributed by atoms with E-state index in [-0.39, 0.29) is 31.2 Å². The molecule has 2 aliphatic heterocycles. The summed E-state index contributed by atoms with van der Waals surface area (Å²) in [6, 6.07) is 13.7. The number of rotatable bonds is 11. The van der Waals surface area contributed by atoms with E-state index in [1.165, 1.54) is 17.5 Å². The van der Waals surface area contributed by atoms with Gasteiger partial charge in [0, 0.05) is 50.4 Å². The number of hydrogen-bond donors (Lipinski definition) is 1. The average Bonchev–Trinajstić information content (AvgIpc) is 3.25. The molecule has 2 aromatic carbocycles. The molecule has 192 valence electrons. The minimum absolute atomic E-state index is 0.211. The lowest BCUT2D eigenvalue weighted by Gasteiger charge is -2.31. The highest BCUT2D eigenvalue weighted by Crippen LogP contribution is 2.33. The van der Waals surface area contributed by atoms with Gasteiger partial charge in [-0.3, -0.25) is 14.5 Å². The lowest BCUT2D eigenvalue weighted by molar-refractivity contribution is -0.125. The molecule has 1 N–H and O–H groups in total. The third-order valence-electron chi connectivity index (χ3n) is 7.10. The predicted molar refractivity (Wildman–Crippen MR) is 136 cm³/mol. The third-order valence-corrected chi connectivity index (χ3v) is 7.10. The van der Waals surface area contributed by atoms with Crippen molar-refractivity contribution < 1.29 is 23.9 Å². The smallest absolute Gasteiger partial charge is 0.255 e. The molecule has 0 spiro atoms. The zero-order valence-corrected chi connectivity index (χ0v) is 21.1. The molecule has 4 rings (SSSR count). The summed E-state index contributed by atoms with van der Waals surface area (Å²) in [5, 5.41) is 2.61. The standard InChI is InChI=1S/C28H35N3O5/c1-29-27(33)25(6-4-14-32)31-18-24-23(28(31)34)5-3-7-26(24)36-19-21-10-8-20(9-11-21)17-30(2)22-12-15-35-16-13-22/h3,5,7-11,14,22,25H,4,6,12-13,15-19H2,1-2H3,(H,29,33). The van der Waals surface area contributed by atoms with Crippen LogP contribution in [0.25, 0.3) is 0 Å². The summed E-state index contributed by atoms with van der Waals surface area (Å²) in [6.07, 6.45) is 3.42. The van der Waals surface area contributed by atoms with Crippen LogP contribution in [0.5, 0.6) is 5.75 Å². The summed E-state index contributed by atoms with van der Waals surface area (Å²) in [5.74, 6) is 0.147. The molecule has 2 aromatic rings. The van der Waals surface area contributed by atoms with Gasteiger partial charge in [0.25, 0.3) is 5.91 Å². The van der Waals surface area contributed by atoms with Crippen molar-refractivity contribution in [1.29, 1.82) is 0 Å². The second-order valence-corrected chi connectivity index (χ2v) is 9.45. The van der Waals surface area contributed by atoms with Gasteiger partial charge in [0.15, 0.2) is 0 Å². The first-order valence-corrected chi connectivity index (χ1v) is 12.6. The van der Waals surface area contributed by atoms with E-state index in [0.717, 1.165) is 50.0 Å². The topological polar surface area (TPSA) is 88.2 Å². The Hall–Kier alpha value is -3.23. The number of ether oxygens (including phenoxy) is 2. The van der Waals surface area contributed by atoms with E-state index in [1.54, 1.807) is 12.1 Å². The molecule has 0 aliphatic carbocycles. The highest BCUT2D eigenvalue weighted by molar-refractivity contribution is 6.01. The molecule has 2 aliphatic rings. The van der Waals surface area contributed by atoms with Crippen LogP contribution < -0.4 is 10.1 Å². The van der Waals surface area contributed by atoms with Crippen molar-refractivity contribution in [3.63, 3.8) is 0 Å². The number of amides is 2. The SMILES string of the molecule is CNC(=O)C(CCC=O)N1Cc2c(OCc3ccc(CN(C)C4CCOCC4)cc3)cccc2C1=O. The number of carbonyl (C=O) groups is 3. The van der Waals surface area contributed by atoms with Crippen LogP contribution in [0.4, 0.5) is 0 Å². The van der Waals surface area contributed by atoms with Gasteiger partial charge >= 0.3 is 0 Å². The summed E-state index contributed by atoms with van der Waals surface area (Å²) in [4.78, 5) is 40.3. The number of hydrogen-bond acceptors (Lipinski definition) is 6. The molecule has 2 amide bonds. The van der Waals surface area contributed by atoms with E-state index in [0.29, 0.717) is 24.0 Å². The molecule has 0 saturated carbocycles. The Morgan fingerprint density at radius 1 is 1.19 bits per heavy atom. The Morgan fingerprint density at radius 2 is 1.92 bits per heavy atom. The number of fused-ring (bicyclic) bond motifs is 1. The van der Waals surface area contributed by atoms with Crippen molar-refractivity contribution in [3.05, 3.63) is 64.7 Å². The van der Waals surface area contributed by atoms with Gasteiger partial charge in [-0.25, -0.2) is 0 Å². The first-order chi connectivity index (χ1) is 17.5. The number of likely N-dealkylation sites (N-methyl/N-ethyl adjacent to an activating group) is 1. The van der Waals surface area contributed by atoms with E-state index in [4.69, 9.17) is 9.47 Å². The van der Waals surface area contributed by atoms with E-state index < -0.39 is 6.04 Å². The molecule has 1 saturated heterocycles. The maximum Gasteiger partial charge on any atom is 0.255 e. The Labute approximate surface area is 212 Å². The van der Waals surface area contributed by atoms with Crippen molar-refractivity contribution in [2.24, 2.45) is 0 Å². The molecule has 1 atom stereocenters. The van der Waals surface area contributed by atoms with Crippen LogP contribution in [0.2, 0.25) is 0 Å². The molecule has 1 fully saturated rings. The van der Waals surface area contributed by atoms with Gasteiger partial charge in [0.05, 0.1) is 6.54 Å². The lowest BCUT2D eigenvalue weighted by Crippen LogP contribution is -2.46. The summed E-state index contributed by atoms with van der Waals surface area (Å²) < 4.78 is 11.6. The Kier molecular flexibility index (Phi) is 8.72. The molecule has 0 aromatic heterocycles. The zero-order valence-electron chi connectivity index (χ0n) is 21.1. The van der Waals surface area contributed by atoms with Gasteiger partial charge in [-0.05, 0) is 49.6 Å². The summed E-state index contributed by atoms with van der Waals surface area (Å²) >= 11 is 0. The van der Waals surface area contributed by atoms with Crippen LogP contribution in [-0.2, 0) is 34.0 Å². The van der Waals surface area contributed by atoms with Crippen LogP contribution in [0.3, 0.4) is 0 Å². The Balaban J connectivity index is 1.39. The molecular weight excluding hydrogens is 458 g/mol. The minimum atomic E-state index is -0.695. The van der Waals surface area contributed by atoms with E-state index in [1.807, 2.05) is 6.07 Å². The van der Waals surface area contributed by atoms with Gasteiger partial charge in [-0.1, -0.05) is 30.3 Å². The van der Waals surface area contributed by atoms with Crippen LogP contribution in [0.15, 0.2) is 42.5 Å². The van der Waals surface area contributed by atoms with Crippen molar-refractivity contribution in [3.8, 4) is 5.75 Å². The molecule has 0 bridgehead atoms. The van der Waals surface area contributed by atoms with Gasteiger partial charge in [-0.15, -0.1) is 0 Å². The van der Waals surface area contributed by atoms with Crippen molar-refractivity contribution >= 4 is 18.1 Å². The highest BCUT2D eigenvalue weighted by atomic mass is 16.5.